The summed E-state index contributed by atoms with van der Waals surface area (Å²) >= 11 is 0. The Kier molecular flexibility index (Phi) is 4.55. The standard InChI is InChI=1S/C18H30N2/c1-17(2,3)15-10-8-14(9-11-15)16(20-19)18(4)12-6-5-7-13-18/h8-11,16,20H,5-7,12-13,19H2,1-4H3. The van der Waals surface area contributed by atoms with Gasteiger partial charge in [-0.1, -0.05) is 71.2 Å². The van der Waals surface area contributed by atoms with E-state index in [2.05, 4.69) is 57.4 Å². The van der Waals surface area contributed by atoms with Crippen molar-refractivity contribution in [1.29, 1.82) is 0 Å². The summed E-state index contributed by atoms with van der Waals surface area (Å²) in [5.74, 6) is 5.89. The lowest BCUT2D eigenvalue weighted by Gasteiger charge is -2.41. The molecule has 2 heteroatoms. The highest BCUT2D eigenvalue weighted by Crippen LogP contribution is 2.45. The van der Waals surface area contributed by atoms with Gasteiger partial charge in [0, 0.05) is 0 Å². The van der Waals surface area contributed by atoms with Crippen LogP contribution in [0.15, 0.2) is 24.3 Å². The third-order valence-corrected chi connectivity index (χ3v) is 4.97. The summed E-state index contributed by atoms with van der Waals surface area (Å²) in [6.07, 6.45) is 6.56. The summed E-state index contributed by atoms with van der Waals surface area (Å²) in [4.78, 5) is 0. The molecule has 0 radical (unpaired) electrons. The van der Waals surface area contributed by atoms with Gasteiger partial charge in [-0.2, -0.15) is 0 Å². The Hall–Kier alpha value is -0.860. The van der Waals surface area contributed by atoms with Crippen LogP contribution in [0, 0.1) is 5.41 Å². The zero-order valence-electron chi connectivity index (χ0n) is 13.5. The van der Waals surface area contributed by atoms with Crippen molar-refractivity contribution in [3.63, 3.8) is 0 Å². The molecule has 1 fully saturated rings. The molecule has 112 valence electrons. The highest BCUT2D eigenvalue weighted by molar-refractivity contribution is 5.30. The number of nitrogens with one attached hydrogen (secondary N) is 1. The maximum atomic E-state index is 5.89. The van der Waals surface area contributed by atoms with Gasteiger partial charge < -0.3 is 0 Å². The highest BCUT2D eigenvalue weighted by atomic mass is 15.2. The number of rotatable bonds is 3. The van der Waals surface area contributed by atoms with Gasteiger partial charge >= 0.3 is 0 Å². The summed E-state index contributed by atoms with van der Waals surface area (Å²) in [6, 6.07) is 9.28. The lowest BCUT2D eigenvalue weighted by Crippen LogP contribution is -2.41. The zero-order chi connectivity index (χ0) is 14.8. The van der Waals surface area contributed by atoms with Crippen LogP contribution in [0.2, 0.25) is 0 Å². The third-order valence-electron chi connectivity index (χ3n) is 4.97. The molecule has 1 atom stereocenters. The Bertz CT molecular complexity index is 422. The van der Waals surface area contributed by atoms with Crippen LogP contribution in [0.25, 0.3) is 0 Å². The minimum absolute atomic E-state index is 0.207. The van der Waals surface area contributed by atoms with E-state index < -0.39 is 0 Å². The van der Waals surface area contributed by atoms with E-state index in [0.29, 0.717) is 0 Å². The molecule has 0 amide bonds. The van der Waals surface area contributed by atoms with Crippen LogP contribution in [-0.4, -0.2) is 0 Å². The monoisotopic (exact) mass is 274 g/mol. The van der Waals surface area contributed by atoms with E-state index in [4.69, 9.17) is 5.84 Å². The fourth-order valence-electron chi connectivity index (χ4n) is 3.52. The van der Waals surface area contributed by atoms with Gasteiger partial charge in [-0.15, -0.1) is 0 Å². The summed E-state index contributed by atoms with van der Waals surface area (Å²) in [5, 5.41) is 0. The minimum atomic E-state index is 0.207. The molecule has 0 bridgehead atoms. The van der Waals surface area contributed by atoms with Gasteiger partial charge in [0.05, 0.1) is 6.04 Å². The summed E-state index contributed by atoms with van der Waals surface area (Å²) in [5.41, 5.74) is 6.29. The molecular weight excluding hydrogens is 244 g/mol. The number of benzene rings is 1. The molecule has 1 aliphatic rings. The quantitative estimate of drug-likeness (QED) is 0.631. The lowest BCUT2D eigenvalue weighted by atomic mass is 9.68. The van der Waals surface area contributed by atoms with Crippen LogP contribution in [-0.2, 0) is 5.41 Å². The van der Waals surface area contributed by atoms with Gasteiger partial charge in [0.25, 0.3) is 0 Å². The fourth-order valence-corrected chi connectivity index (χ4v) is 3.52. The van der Waals surface area contributed by atoms with E-state index in [9.17, 15) is 0 Å². The van der Waals surface area contributed by atoms with Gasteiger partial charge in [-0.05, 0) is 34.8 Å². The first-order valence-electron chi connectivity index (χ1n) is 7.93. The highest BCUT2D eigenvalue weighted by Gasteiger charge is 2.35. The molecule has 0 aromatic heterocycles. The molecule has 1 saturated carbocycles. The number of nitrogens with two attached hydrogens (primary N) is 1. The largest absolute Gasteiger partial charge is 0.271 e. The van der Waals surface area contributed by atoms with Gasteiger partial charge in [-0.25, -0.2) is 0 Å². The molecule has 0 aliphatic heterocycles. The summed E-state index contributed by atoms with van der Waals surface area (Å²) < 4.78 is 0. The van der Waals surface area contributed by atoms with E-state index >= 15 is 0 Å². The molecular formula is C18H30N2. The molecule has 2 nitrogen and oxygen atoms in total. The van der Waals surface area contributed by atoms with Crippen LogP contribution in [0.3, 0.4) is 0 Å². The topological polar surface area (TPSA) is 38.0 Å². The van der Waals surface area contributed by atoms with E-state index in [1.165, 1.54) is 43.2 Å². The van der Waals surface area contributed by atoms with Gasteiger partial charge in [0.15, 0.2) is 0 Å². The minimum Gasteiger partial charge on any atom is -0.271 e. The van der Waals surface area contributed by atoms with Gasteiger partial charge in [0.1, 0.15) is 0 Å². The third kappa shape index (κ3) is 3.24. The Morgan fingerprint density at radius 1 is 1.05 bits per heavy atom. The first kappa shape index (κ1) is 15.5. The van der Waals surface area contributed by atoms with Crippen LogP contribution < -0.4 is 11.3 Å². The first-order chi connectivity index (χ1) is 9.37. The molecule has 1 aromatic carbocycles. The van der Waals surface area contributed by atoms with E-state index in [0.717, 1.165) is 0 Å². The Labute approximate surface area is 124 Å². The average molecular weight is 274 g/mol. The van der Waals surface area contributed by atoms with Crippen molar-refractivity contribution >= 4 is 0 Å². The Morgan fingerprint density at radius 2 is 1.60 bits per heavy atom. The molecule has 20 heavy (non-hydrogen) atoms. The van der Waals surface area contributed by atoms with E-state index in [1.54, 1.807) is 0 Å². The first-order valence-corrected chi connectivity index (χ1v) is 7.93. The van der Waals surface area contributed by atoms with Crippen molar-refractivity contribution in [2.75, 3.05) is 0 Å². The SMILES string of the molecule is CC(C)(C)c1ccc(C(NN)C2(C)CCCCC2)cc1. The van der Waals surface area contributed by atoms with Crippen molar-refractivity contribution in [2.24, 2.45) is 11.3 Å². The predicted octanol–water partition coefficient (Wildman–Crippen LogP) is 4.46. The van der Waals surface area contributed by atoms with Crippen molar-refractivity contribution in [1.82, 2.24) is 5.43 Å². The number of hydrogen-bond acceptors (Lipinski definition) is 2. The smallest absolute Gasteiger partial charge is 0.0513 e. The number of hydrazine groups is 1. The maximum Gasteiger partial charge on any atom is 0.0513 e. The molecule has 0 heterocycles. The number of hydrogen-bond donors (Lipinski definition) is 2. The molecule has 2 rings (SSSR count). The molecule has 0 saturated heterocycles. The van der Waals surface area contributed by atoms with Crippen LogP contribution in [0.1, 0.15) is 77.0 Å². The lowest BCUT2D eigenvalue weighted by molar-refractivity contribution is 0.145. The normalized spacial score (nSPS) is 20.6. The predicted molar refractivity (Wildman–Crippen MR) is 86.4 cm³/mol. The van der Waals surface area contributed by atoms with E-state index in [1.807, 2.05) is 0 Å². The fraction of sp³-hybridized carbons (Fsp3) is 0.667. The Morgan fingerprint density at radius 3 is 2.05 bits per heavy atom. The van der Waals surface area contributed by atoms with Crippen molar-refractivity contribution in [2.45, 2.75) is 71.3 Å². The summed E-state index contributed by atoms with van der Waals surface area (Å²) in [7, 11) is 0. The molecule has 1 unspecified atom stereocenters. The second-order valence-corrected chi connectivity index (χ2v) is 7.69. The zero-order valence-corrected chi connectivity index (χ0v) is 13.5. The molecule has 0 spiro atoms. The van der Waals surface area contributed by atoms with Crippen LogP contribution >= 0.6 is 0 Å². The molecule has 1 aromatic rings. The van der Waals surface area contributed by atoms with Crippen LogP contribution in [0.5, 0.6) is 0 Å². The molecule has 1 aliphatic carbocycles. The molecule has 3 N–H and O–H groups in total. The second kappa shape index (κ2) is 5.87. The van der Waals surface area contributed by atoms with Gasteiger partial charge in [0.2, 0.25) is 0 Å². The van der Waals surface area contributed by atoms with Crippen LogP contribution in [0.4, 0.5) is 0 Å². The van der Waals surface area contributed by atoms with Crippen molar-refractivity contribution in [3.8, 4) is 0 Å². The van der Waals surface area contributed by atoms with Gasteiger partial charge in [-0.3, -0.25) is 11.3 Å². The second-order valence-electron chi connectivity index (χ2n) is 7.69. The van der Waals surface area contributed by atoms with E-state index in [-0.39, 0.29) is 16.9 Å². The van der Waals surface area contributed by atoms with Crippen molar-refractivity contribution < 1.29 is 0 Å². The summed E-state index contributed by atoms with van der Waals surface area (Å²) in [6.45, 7) is 9.14. The van der Waals surface area contributed by atoms with Crippen molar-refractivity contribution in [3.05, 3.63) is 35.4 Å². The maximum absolute atomic E-state index is 5.89. The Balaban J connectivity index is 2.23. The average Bonchev–Trinajstić information content (AvgIpc) is 2.39.